The molecule has 0 aromatic heterocycles. The van der Waals surface area contributed by atoms with E-state index in [-0.39, 0.29) is 18.9 Å². The summed E-state index contributed by atoms with van der Waals surface area (Å²) in [7, 11) is 0. The molecule has 0 saturated carbocycles. The van der Waals surface area contributed by atoms with Crippen LogP contribution in [0.1, 0.15) is 30.4 Å². The van der Waals surface area contributed by atoms with Crippen LogP contribution < -0.4 is 5.32 Å². The summed E-state index contributed by atoms with van der Waals surface area (Å²) in [6.45, 7) is 0.811. The van der Waals surface area contributed by atoms with E-state index in [0.29, 0.717) is 0 Å². The van der Waals surface area contributed by atoms with E-state index < -0.39 is 36.7 Å². The van der Waals surface area contributed by atoms with Gasteiger partial charge < -0.3 is 25.4 Å². The Balaban J connectivity index is 1.68. The Labute approximate surface area is 169 Å². The highest BCUT2D eigenvalue weighted by molar-refractivity contribution is 5.81. The molecule has 4 N–H and O–H groups in total. The fourth-order valence-electron chi connectivity index (χ4n) is 3.65. The molecule has 1 aliphatic carbocycles. The van der Waals surface area contributed by atoms with Crippen LogP contribution in [0, 0.1) is 5.41 Å². The number of nitrogens with one attached hydrogen (secondary N) is 1. The molecule has 1 aliphatic rings. The van der Waals surface area contributed by atoms with E-state index in [1.165, 1.54) is 0 Å². The molecule has 0 aliphatic heterocycles. The first-order valence-corrected chi connectivity index (χ1v) is 9.44. The van der Waals surface area contributed by atoms with Crippen molar-refractivity contribution < 1.29 is 29.6 Å². The maximum absolute atomic E-state index is 12.3. The minimum Gasteiger partial charge on any atom is -0.480 e. The molecule has 29 heavy (non-hydrogen) atoms. The lowest BCUT2D eigenvalue weighted by molar-refractivity contribution is -0.140. The Hall–Kier alpha value is -2.90. The monoisotopic (exact) mass is 399 g/mol. The smallest absolute Gasteiger partial charge is 0.407 e. The Kier molecular flexibility index (Phi) is 6.20. The number of amides is 1. The highest BCUT2D eigenvalue weighted by Gasteiger charge is 2.33. The number of rotatable bonds is 8. The summed E-state index contributed by atoms with van der Waals surface area (Å²) in [5.41, 5.74) is 3.29. The Morgan fingerprint density at radius 1 is 1.03 bits per heavy atom. The molecule has 0 spiro atoms. The van der Waals surface area contributed by atoms with E-state index in [2.05, 4.69) is 5.32 Å². The molecule has 3 rings (SSSR count). The SMILES string of the molecule is CC(CO)(CO)CC(NC(=O)OCC1c2ccccc2-c2ccccc21)C(=O)O. The van der Waals surface area contributed by atoms with Crippen LogP contribution in [0.2, 0.25) is 0 Å². The van der Waals surface area contributed by atoms with E-state index in [9.17, 15) is 24.9 Å². The number of carboxylic acids is 1. The zero-order chi connectivity index (χ0) is 21.0. The number of carboxylic acid groups (broad SMARTS) is 1. The molecule has 2 aromatic rings. The van der Waals surface area contributed by atoms with Crippen molar-refractivity contribution in [1.82, 2.24) is 5.32 Å². The lowest BCUT2D eigenvalue weighted by Crippen LogP contribution is -2.46. The number of carbonyl (C=O) groups is 2. The van der Waals surface area contributed by atoms with Gasteiger partial charge in [0.15, 0.2) is 0 Å². The zero-order valence-corrected chi connectivity index (χ0v) is 16.2. The van der Waals surface area contributed by atoms with Gasteiger partial charge in [-0.1, -0.05) is 55.5 Å². The van der Waals surface area contributed by atoms with E-state index in [1.807, 2.05) is 48.5 Å². The number of hydrogen-bond acceptors (Lipinski definition) is 5. The van der Waals surface area contributed by atoms with E-state index in [0.717, 1.165) is 22.3 Å². The van der Waals surface area contributed by atoms with Crippen molar-refractivity contribution in [3.05, 3.63) is 59.7 Å². The second-order valence-corrected chi connectivity index (χ2v) is 7.69. The van der Waals surface area contributed by atoms with E-state index >= 15 is 0 Å². The highest BCUT2D eigenvalue weighted by atomic mass is 16.5. The predicted octanol–water partition coefficient (Wildman–Crippen LogP) is 2.36. The number of ether oxygens (including phenoxy) is 1. The molecule has 2 aromatic carbocycles. The summed E-state index contributed by atoms with van der Waals surface area (Å²) in [4.78, 5) is 23.8. The molecule has 0 bridgehead atoms. The lowest BCUT2D eigenvalue weighted by Gasteiger charge is -2.28. The van der Waals surface area contributed by atoms with Gasteiger partial charge in [-0.05, 0) is 28.7 Å². The Bertz CT molecular complexity index is 847. The van der Waals surface area contributed by atoms with E-state index in [1.54, 1.807) is 6.92 Å². The first-order chi connectivity index (χ1) is 13.9. The summed E-state index contributed by atoms with van der Waals surface area (Å²) >= 11 is 0. The van der Waals surface area contributed by atoms with Crippen molar-refractivity contribution in [2.24, 2.45) is 5.41 Å². The molecule has 1 amide bonds. The zero-order valence-electron chi connectivity index (χ0n) is 16.2. The fourth-order valence-corrected chi connectivity index (χ4v) is 3.65. The highest BCUT2D eigenvalue weighted by Crippen LogP contribution is 2.44. The molecule has 154 valence electrons. The third kappa shape index (κ3) is 4.41. The summed E-state index contributed by atoms with van der Waals surface area (Å²) in [6, 6.07) is 14.6. The van der Waals surface area contributed by atoms with Crippen LogP contribution in [-0.4, -0.2) is 53.2 Å². The van der Waals surface area contributed by atoms with Gasteiger partial charge in [0, 0.05) is 11.3 Å². The second kappa shape index (κ2) is 8.63. The van der Waals surface area contributed by atoms with Crippen molar-refractivity contribution in [2.75, 3.05) is 19.8 Å². The van der Waals surface area contributed by atoms with Gasteiger partial charge in [0.2, 0.25) is 0 Å². The minimum atomic E-state index is -1.28. The minimum absolute atomic E-state index is 0.0729. The van der Waals surface area contributed by atoms with Crippen molar-refractivity contribution in [3.8, 4) is 11.1 Å². The number of hydrogen-bond donors (Lipinski definition) is 4. The molecule has 7 nitrogen and oxygen atoms in total. The quantitative estimate of drug-likeness (QED) is 0.542. The van der Waals surface area contributed by atoms with Crippen molar-refractivity contribution >= 4 is 12.1 Å². The number of aliphatic hydroxyl groups is 2. The van der Waals surface area contributed by atoms with E-state index in [4.69, 9.17) is 4.74 Å². The van der Waals surface area contributed by atoms with Crippen LogP contribution in [0.3, 0.4) is 0 Å². The van der Waals surface area contributed by atoms with Gasteiger partial charge in [0.05, 0.1) is 13.2 Å². The maximum atomic E-state index is 12.3. The number of fused-ring (bicyclic) bond motifs is 3. The largest absolute Gasteiger partial charge is 0.480 e. The van der Waals surface area contributed by atoms with Gasteiger partial charge in [0.25, 0.3) is 0 Å². The molecule has 0 heterocycles. The Morgan fingerprint density at radius 3 is 2.03 bits per heavy atom. The third-order valence-electron chi connectivity index (χ3n) is 5.39. The van der Waals surface area contributed by atoms with Crippen molar-refractivity contribution in [2.45, 2.75) is 25.3 Å². The van der Waals surface area contributed by atoms with Gasteiger partial charge in [-0.2, -0.15) is 0 Å². The number of aliphatic hydroxyl groups excluding tert-OH is 2. The van der Waals surface area contributed by atoms with Gasteiger partial charge in [-0.15, -0.1) is 0 Å². The summed E-state index contributed by atoms with van der Waals surface area (Å²) in [5, 5.41) is 30.5. The van der Waals surface area contributed by atoms with Crippen LogP contribution in [0.25, 0.3) is 11.1 Å². The number of aliphatic carboxylic acids is 1. The normalized spacial score (nSPS) is 14.0. The molecule has 0 radical (unpaired) electrons. The fraction of sp³-hybridized carbons (Fsp3) is 0.364. The van der Waals surface area contributed by atoms with Crippen LogP contribution in [0.15, 0.2) is 48.5 Å². The molecular formula is C22H25NO6. The van der Waals surface area contributed by atoms with Crippen LogP contribution in [0.5, 0.6) is 0 Å². The number of alkyl carbamates (subject to hydrolysis) is 1. The molecule has 0 fully saturated rings. The van der Waals surface area contributed by atoms with Crippen LogP contribution in [0.4, 0.5) is 4.79 Å². The first kappa shape index (κ1) is 20.8. The van der Waals surface area contributed by atoms with Gasteiger partial charge in [-0.25, -0.2) is 9.59 Å². The summed E-state index contributed by atoms with van der Waals surface area (Å²) < 4.78 is 5.36. The average molecular weight is 399 g/mol. The van der Waals surface area contributed by atoms with Gasteiger partial charge in [0.1, 0.15) is 12.6 Å². The number of benzene rings is 2. The predicted molar refractivity (Wildman–Crippen MR) is 107 cm³/mol. The standard InChI is InChI=1S/C22H25NO6/c1-22(12-24,13-25)10-19(20(26)27)23-21(28)29-11-18-16-8-4-2-6-14(16)15-7-3-5-9-17(15)18/h2-9,18-19,24-25H,10-13H2,1H3,(H,23,28)(H,26,27). The summed E-state index contributed by atoms with van der Waals surface area (Å²) in [5.74, 6) is -1.39. The van der Waals surface area contributed by atoms with Crippen LogP contribution in [-0.2, 0) is 9.53 Å². The topological polar surface area (TPSA) is 116 Å². The average Bonchev–Trinajstić information content (AvgIpc) is 3.05. The lowest BCUT2D eigenvalue weighted by atomic mass is 9.85. The molecule has 0 saturated heterocycles. The molecule has 1 atom stereocenters. The van der Waals surface area contributed by atoms with Gasteiger partial charge in [-0.3, -0.25) is 0 Å². The third-order valence-corrected chi connectivity index (χ3v) is 5.39. The van der Waals surface area contributed by atoms with Gasteiger partial charge >= 0.3 is 12.1 Å². The molecular weight excluding hydrogens is 374 g/mol. The first-order valence-electron chi connectivity index (χ1n) is 9.44. The maximum Gasteiger partial charge on any atom is 0.407 e. The Morgan fingerprint density at radius 2 is 1.55 bits per heavy atom. The molecule has 1 unspecified atom stereocenters. The molecule has 7 heteroatoms. The van der Waals surface area contributed by atoms with Crippen LogP contribution >= 0.6 is 0 Å². The second-order valence-electron chi connectivity index (χ2n) is 7.69. The van der Waals surface area contributed by atoms with Crippen molar-refractivity contribution in [1.29, 1.82) is 0 Å². The van der Waals surface area contributed by atoms with Crippen molar-refractivity contribution in [3.63, 3.8) is 0 Å². The number of carbonyl (C=O) groups excluding carboxylic acids is 1. The summed E-state index contributed by atoms with van der Waals surface area (Å²) in [6.07, 6.45) is -0.975.